The van der Waals surface area contributed by atoms with Gasteiger partial charge in [-0.15, -0.1) is 0 Å². The normalized spacial score (nSPS) is 10.9. The Balaban J connectivity index is 3.31. The molecule has 0 atom stereocenters. The van der Waals surface area contributed by atoms with Crippen LogP contribution in [0.2, 0.25) is 0 Å². The molecule has 1 heterocycles. The predicted molar refractivity (Wildman–Crippen MR) is 51.9 cm³/mol. The van der Waals surface area contributed by atoms with Gasteiger partial charge in [-0.3, -0.25) is 4.68 Å². The summed E-state index contributed by atoms with van der Waals surface area (Å²) in [6.45, 7) is 7.44. The Hall–Kier alpha value is -1.38. The molecule has 1 rings (SSSR count). The second-order valence-electron chi connectivity index (χ2n) is 2.60. The van der Waals surface area contributed by atoms with E-state index in [-0.39, 0.29) is 0 Å². The van der Waals surface area contributed by atoms with Gasteiger partial charge in [0.15, 0.2) is 5.82 Å². The average molecular weight is 163 g/mol. The number of hydrogen-bond donors (Lipinski definition) is 0. The molecule has 0 saturated carbocycles. The highest BCUT2D eigenvalue weighted by atomic mass is 15.3. The SMILES string of the molecule is C=Nc1c(C=CC)c(C)nn1C. The first-order chi connectivity index (χ1) is 5.70. The highest BCUT2D eigenvalue weighted by Gasteiger charge is 2.07. The Bertz CT molecular complexity index is 321. The third-order valence-corrected chi connectivity index (χ3v) is 1.72. The largest absolute Gasteiger partial charge is 0.250 e. The van der Waals surface area contributed by atoms with E-state index in [2.05, 4.69) is 16.8 Å². The number of rotatable bonds is 2. The van der Waals surface area contributed by atoms with Crippen LogP contribution in [0.5, 0.6) is 0 Å². The molecule has 0 saturated heterocycles. The van der Waals surface area contributed by atoms with Crippen LogP contribution in [-0.4, -0.2) is 16.5 Å². The zero-order chi connectivity index (χ0) is 9.14. The van der Waals surface area contributed by atoms with E-state index in [1.165, 1.54) is 0 Å². The summed E-state index contributed by atoms with van der Waals surface area (Å²) in [7, 11) is 1.87. The van der Waals surface area contributed by atoms with E-state index < -0.39 is 0 Å². The summed E-state index contributed by atoms with van der Waals surface area (Å²) in [5, 5.41) is 4.23. The van der Waals surface area contributed by atoms with Gasteiger partial charge in [-0.05, 0) is 20.6 Å². The Morgan fingerprint density at radius 1 is 1.58 bits per heavy atom. The fourth-order valence-corrected chi connectivity index (χ4v) is 1.21. The highest BCUT2D eigenvalue weighted by Crippen LogP contribution is 2.22. The van der Waals surface area contributed by atoms with Gasteiger partial charge in [-0.1, -0.05) is 12.2 Å². The number of aryl methyl sites for hydroxylation is 2. The van der Waals surface area contributed by atoms with Crippen LogP contribution >= 0.6 is 0 Å². The van der Waals surface area contributed by atoms with Gasteiger partial charge in [0.1, 0.15) is 0 Å². The molecule has 1 aromatic heterocycles. The first kappa shape index (κ1) is 8.71. The first-order valence-corrected chi connectivity index (χ1v) is 3.83. The quantitative estimate of drug-likeness (QED) is 0.614. The lowest BCUT2D eigenvalue weighted by Gasteiger charge is -1.93. The second kappa shape index (κ2) is 3.34. The van der Waals surface area contributed by atoms with Gasteiger partial charge in [0.05, 0.1) is 5.69 Å². The molecule has 0 bridgehead atoms. The number of nitrogens with zero attached hydrogens (tertiary/aromatic N) is 3. The molecule has 0 aliphatic carbocycles. The Kier molecular flexibility index (Phi) is 2.43. The molecule has 3 heteroatoms. The van der Waals surface area contributed by atoms with Gasteiger partial charge in [-0.25, -0.2) is 4.99 Å². The Labute approximate surface area is 72.4 Å². The molecule has 0 radical (unpaired) electrons. The second-order valence-corrected chi connectivity index (χ2v) is 2.60. The van der Waals surface area contributed by atoms with Crippen LogP contribution < -0.4 is 0 Å². The van der Waals surface area contributed by atoms with Crippen molar-refractivity contribution in [1.82, 2.24) is 9.78 Å². The lowest BCUT2D eigenvalue weighted by molar-refractivity contribution is 0.760. The highest BCUT2D eigenvalue weighted by molar-refractivity contribution is 5.64. The topological polar surface area (TPSA) is 30.2 Å². The molecule has 64 valence electrons. The number of aromatic nitrogens is 2. The van der Waals surface area contributed by atoms with Crippen LogP contribution in [0.1, 0.15) is 18.2 Å². The summed E-state index contributed by atoms with van der Waals surface area (Å²) in [6, 6.07) is 0. The first-order valence-electron chi connectivity index (χ1n) is 3.83. The average Bonchev–Trinajstić information content (AvgIpc) is 2.28. The van der Waals surface area contributed by atoms with Crippen LogP contribution in [0.3, 0.4) is 0 Å². The molecule has 3 nitrogen and oxygen atoms in total. The summed E-state index contributed by atoms with van der Waals surface area (Å²) in [6.07, 6.45) is 3.96. The Morgan fingerprint density at radius 3 is 2.75 bits per heavy atom. The van der Waals surface area contributed by atoms with Crippen molar-refractivity contribution >= 4 is 18.6 Å². The number of aliphatic imine (C=N–C) groups is 1. The molecular formula is C9H13N3. The minimum atomic E-state index is 0.825. The van der Waals surface area contributed by atoms with E-state index in [0.29, 0.717) is 0 Å². The fourth-order valence-electron chi connectivity index (χ4n) is 1.21. The van der Waals surface area contributed by atoms with Crippen LogP contribution in [0.4, 0.5) is 5.82 Å². The molecular weight excluding hydrogens is 150 g/mol. The van der Waals surface area contributed by atoms with E-state index in [1.807, 2.05) is 33.0 Å². The maximum absolute atomic E-state index is 4.23. The lowest BCUT2D eigenvalue weighted by atomic mass is 10.2. The van der Waals surface area contributed by atoms with E-state index >= 15 is 0 Å². The maximum Gasteiger partial charge on any atom is 0.157 e. The minimum absolute atomic E-state index is 0.825. The molecule has 0 aliphatic rings. The summed E-state index contributed by atoms with van der Waals surface area (Å²) in [5.74, 6) is 0.825. The van der Waals surface area contributed by atoms with Crippen molar-refractivity contribution in [3.05, 3.63) is 17.3 Å². The zero-order valence-corrected chi connectivity index (χ0v) is 7.70. The zero-order valence-electron chi connectivity index (χ0n) is 7.70. The van der Waals surface area contributed by atoms with Gasteiger partial charge in [0, 0.05) is 12.6 Å². The third kappa shape index (κ3) is 1.30. The van der Waals surface area contributed by atoms with Gasteiger partial charge < -0.3 is 0 Å². The molecule has 0 aromatic carbocycles. The van der Waals surface area contributed by atoms with Crippen molar-refractivity contribution in [2.75, 3.05) is 0 Å². The van der Waals surface area contributed by atoms with Crippen LogP contribution in [0.25, 0.3) is 6.08 Å². The van der Waals surface area contributed by atoms with Crippen LogP contribution in [0.15, 0.2) is 11.1 Å². The Morgan fingerprint density at radius 2 is 2.25 bits per heavy atom. The summed E-state index contributed by atoms with van der Waals surface area (Å²) in [4.78, 5) is 3.91. The summed E-state index contributed by atoms with van der Waals surface area (Å²) in [5.41, 5.74) is 2.04. The van der Waals surface area contributed by atoms with E-state index in [9.17, 15) is 0 Å². The molecule has 12 heavy (non-hydrogen) atoms. The van der Waals surface area contributed by atoms with Crippen molar-refractivity contribution in [3.63, 3.8) is 0 Å². The third-order valence-electron chi connectivity index (χ3n) is 1.72. The maximum atomic E-state index is 4.23. The van der Waals surface area contributed by atoms with Crippen molar-refractivity contribution in [3.8, 4) is 0 Å². The number of hydrogen-bond acceptors (Lipinski definition) is 2. The molecule has 1 aromatic rings. The van der Waals surface area contributed by atoms with Crippen LogP contribution in [0, 0.1) is 6.92 Å². The van der Waals surface area contributed by atoms with Crippen molar-refractivity contribution in [2.45, 2.75) is 13.8 Å². The van der Waals surface area contributed by atoms with Crippen LogP contribution in [-0.2, 0) is 7.05 Å². The van der Waals surface area contributed by atoms with E-state index in [0.717, 1.165) is 17.1 Å². The van der Waals surface area contributed by atoms with Gasteiger partial charge in [0.25, 0.3) is 0 Å². The van der Waals surface area contributed by atoms with Gasteiger partial charge >= 0.3 is 0 Å². The molecule has 0 N–H and O–H groups in total. The van der Waals surface area contributed by atoms with Gasteiger partial charge in [0.2, 0.25) is 0 Å². The summed E-state index contributed by atoms with van der Waals surface area (Å²) < 4.78 is 1.73. The molecule has 0 aliphatic heterocycles. The monoisotopic (exact) mass is 163 g/mol. The molecule has 0 unspecified atom stereocenters. The van der Waals surface area contributed by atoms with E-state index in [4.69, 9.17) is 0 Å². The smallest absolute Gasteiger partial charge is 0.157 e. The molecule has 0 amide bonds. The molecule has 0 fully saturated rings. The molecule has 0 spiro atoms. The van der Waals surface area contributed by atoms with E-state index in [1.54, 1.807) is 4.68 Å². The van der Waals surface area contributed by atoms with Crippen molar-refractivity contribution in [1.29, 1.82) is 0 Å². The minimum Gasteiger partial charge on any atom is -0.250 e. The summed E-state index contributed by atoms with van der Waals surface area (Å²) >= 11 is 0. The lowest BCUT2D eigenvalue weighted by Crippen LogP contribution is -1.88. The van der Waals surface area contributed by atoms with Crippen molar-refractivity contribution in [2.24, 2.45) is 12.0 Å². The standard InChI is InChI=1S/C9H13N3/c1-5-6-8-7(2)11-12(4)9(8)10-3/h5-6H,3H2,1-2,4H3. The predicted octanol–water partition coefficient (Wildman–Crippen LogP) is 2.09. The van der Waals surface area contributed by atoms with Crippen molar-refractivity contribution < 1.29 is 0 Å². The fraction of sp³-hybridized carbons (Fsp3) is 0.333. The number of allylic oxidation sites excluding steroid dienone is 1. The van der Waals surface area contributed by atoms with Gasteiger partial charge in [-0.2, -0.15) is 5.10 Å².